The van der Waals surface area contributed by atoms with E-state index in [4.69, 9.17) is 4.42 Å². The van der Waals surface area contributed by atoms with Gasteiger partial charge in [0.15, 0.2) is 0 Å². The highest BCUT2D eigenvalue weighted by molar-refractivity contribution is 6.23. The molecule has 0 unspecified atom stereocenters. The first-order valence-electron chi connectivity index (χ1n) is 20.8. The van der Waals surface area contributed by atoms with Gasteiger partial charge < -0.3 is 13.7 Å². The first kappa shape index (κ1) is 33.4. The molecule has 0 atom stereocenters. The number of benzene rings is 9. The van der Waals surface area contributed by atoms with Gasteiger partial charge in [-0.1, -0.05) is 141 Å². The van der Waals surface area contributed by atoms with Gasteiger partial charge in [0.2, 0.25) is 0 Å². The predicted octanol–water partition coefficient (Wildman–Crippen LogP) is 15.8. The highest BCUT2D eigenvalue weighted by atomic mass is 16.3. The predicted molar refractivity (Wildman–Crippen MR) is 251 cm³/mol. The maximum absolute atomic E-state index is 6.43. The largest absolute Gasteiger partial charge is 0.456 e. The minimum absolute atomic E-state index is 0.224. The smallest absolute Gasteiger partial charge is 0.137 e. The van der Waals surface area contributed by atoms with E-state index >= 15 is 0 Å². The highest BCUT2D eigenvalue weighted by Crippen LogP contribution is 2.52. The summed E-state index contributed by atoms with van der Waals surface area (Å²) in [4.78, 5) is 2.37. The van der Waals surface area contributed by atoms with E-state index in [1.807, 2.05) is 12.1 Å². The van der Waals surface area contributed by atoms with Crippen molar-refractivity contribution in [3.63, 3.8) is 0 Å². The number of nitrogens with zero attached hydrogens (tertiary/aromatic N) is 2. The molecule has 0 N–H and O–H groups in total. The second kappa shape index (κ2) is 12.2. The zero-order valence-corrected chi connectivity index (χ0v) is 33.3. The standard InChI is InChI=1S/C57H38N2O/c1-57(2)50-31-37(38-22-28-45-49-16-10-15-48-44-13-6-8-17-52(44)59(56(48)49)53(45)32-38)21-27-42(50)43-29-25-40(33-51(43)57)58(39-23-19-36(20-24-39)35-11-4-3-5-12-35)41-26-30-47-46-14-7-9-18-54(46)60-55(47)34-41/h3-34H,1-2H3. The third-order valence-electron chi connectivity index (χ3n) is 13.3. The Balaban J connectivity index is 0.926. The Morgan fingerprint density at radius 2 is 0.933 bits per heavy atom. The normalized spacial score (nSPS) is 13.3. The van der Waals surface area contributed by atoms with E-state index in [9.17, 15) is 0 Å². The van der Waals surface area contributed by atoms with Crippen molar-refractivity contribution in [2.24, 2.45) is 0 Å². The van der Waals surface area contributed by atoms with Crippen LogP contribution >= 0.6 is 0 Å². The van der Waals surface area contributed by atoms with E-state index in [-0.39, 0.29) is 5.41 Å². The van der Waals surface area contributed by atoms with Crippen molar-refractivity contribution in [1.29, 1.82) is 0 Å². The Labute approximate surface area is 347 Å². The van der Waals surface area contributed by atoms with Crippen LogP contribution in [-0.4, -0.2) is 4.40 Å². The van der Waals surface area contributed by atoms with Crippen LogP contribution in [0.15, 0.2) is 199 Å². The molecular formula is C57H38N2O. The fraction of sp³-hybridized carbons (Fsp3) is 0.0526. The van der Waals surface area contributed by atoms with Gasteiger partial charge in [0.05, 0.1) is 16.6 Å². The SMILES string of the molecule is CC1(C)c2cc(-c3ccc4c5cccc6c7ccccc7n(c4c3)c65)ccc2-c2ccc(N(c3ccc(-c4ccccc4)cc3)c3ccc4c(c3)oc3ccccc34)cc21. The molecule has 0 bridgehead atoms. The van der Waals surface area contributed by atoms with Gasteiger partial charge in [-0.05, 0) is 105 Å². The minimum Gasteiger partial charge on any atom is -0.456 e. The maximum atomic E-state index is 6.43. The zero-order valence-electron chi connectivity index (χ0n) is 33.3. The summed E-state index contributed by atoms with van der Waals surface area (Å²) in [6, 6.07) is 71.1. The summed E-state index contributed by atoms with van der Waals surface area (Å²) in [5.74, 6) is 0. The van der Waals surface area contributed by atoms with Crippen molar-refractivity contribution in [1.82, 2.24) is 4.40 Å². The second-order valence-corrected chi connectivity index (χ2v) is 16.9. The maximum Gasteiger partial charge on any atom is 0.137 e. The van der Waals surface area contributed by atoms with Crippen molar-refractivity contribution >= 4 is 77.1 Å². The van der Waals surface area contributed by atoms with Crippen LogP contribution in [0.2, 0.25) is 0 Å². The summed E-state index contributed by atoms with van der Waals surface area (Å²) in [5, 5.41) is 7.48. The van der Waals surface area contributed by atoms with Crippen LogP contribution in [-0.2, 0) is 5.41 Å². The van der Waals surface area contributed by atoms with E-state index < -0.39 is 0 Å². The first-order chi connectivity index (χ1) is 29.5. The average molecular weight is 767 g/mol. The van der Waals surface area contributed by atoms with Crippen LogP contribution in [0.4, 0.5) is 17.1 Å². The first-order valence-corrected chi connectivity index (χ1v) is 20.8. The molecule has 1 aliphatic carbocycles. The van der Waals surface area contributed by atoms with Crippen LogP contribution in [0.3, 0.4) is 0 Å². The van der Waals surface area contributed by atoms with Crippen molar-refractivity contribution in [3.05, 3.63) is 205 Å². The Hall–Kier alpha value is -7.62. The zero-order chi connectivity index (χ0) is 39.7. The lowest BCUT2D eigenvalue weighted by Crippen LogP contribution is -2.16. The molecule has 12 aromatic rings. The van der Waals surface area contributed by atoms with Crippen molar-refractivity contribution in [2.75, 3.05) is 4.90 Å². The van der Waals surface area contributed by atoms with E-state index in [1.165, 1.54) is 82.6 Å². The fourth-order valence-corrected chi connectivity index (χ4v) is 10.4. The molecule has 1 aliphatic rings. The molecule has 0 aliphatic heterocycles. The van der Waals surface area contributed by atoms with Gasteiger partial charge in [-0.15, -0.1) is 0 Å². The number of hydrogen-bond acceptors (Lipinski definition) is 2. The molecule has 13 rings (SSSR count). The summed E-state index contributed by atoms with van der Waals surface area (Å²) in [6.45, 7) is 4.76. The van der Waals surface area contributed by atoms with E-state index in [0.717, 1.165) is 39.0 Å². The van der Waals surface area contributed by atoms with Gasteiger partial charge >= 0.3 is 0 Å². The summed E-state index contributed by atoms with van der Waals surface area (Å²) in [7, 11) is 0. The second-order valence-electron chi connectivity index (χ2n) is 16.9. The van der Waals surface area contributed by atoms with Crippen molar-refractivity contribution in [2.45, 2.75) is 19.3 Å². The number of rotatable bonds is 5. The molecule has 0 spiro atoms. The molecule has 3 nitrogen and oxygen atoms in total. The average Bonchev–Trinajstić information content (AvgIpc) is 4.01. The number of hydrogen-bond donors (Lipinski definition) is 0. The lowest BCUT2D eigenvalue weighted by Gasteiger charge is -2.28. The van der Waals surface area contributed by atoms with Gasteiger partial charge in [-0.3, -0.25) is 0 Å². The fourth-order valence-electron chi connectivity index (χ4n) is 10.4. The molecule has 3 heteroatoms. The lowest BCUT2D eigenvalue weighted by molar-refractivity contribution is 0.660. The van der Waals surface area contributed by atoms with Gasteiger partial charge in [-0.25, -0.2) is 0 Å². The van der Waals surface area contributed by atoms with Crippen LogP contribution in [0.1, 0.15) is 25.0 Å². The third-order valence-corrected chi connectivity index (χ3v) is 13.3. The molecule has 3 aromatic heterocycles. The van der Waals surface area contributed by atoms with Gasteiger partial charge in [0, 0.05) is 60.9 Å². The molecule has 60 heavy (non-hydrogen) atoms. The lowest BCUT2D eigenvalue weighted by atomic mass is 9.81. The van der Waals surface area contributed by atoms with Crippen LogP contribution < -0.4 is 4.90 Å². The van der Waals surface area contributed by atoms with Crippen molar-refractivity contribution < 1.29 is 4.42 Å². The quantitative estimate of drug-likeness (QED) is 0.174. The molecule has 0 saturated heterocycles. The number of furan rings is 1. The minimum atomic E-state index is -0.224. The van der Waals surface area contributed by atoms with Crippen molar-refractivity contribution in [3.8, 4) is 33.4 Å². The molecule has 0 fully saturated rings. The van der Waals surface area contributed by atoms with Gasteiger partial charge in [0.1, 0.15) is 11.2 Å². The van der Waals surface area contributed by atoms with Crippen LogP contribution in [0, 0.1) is 0 Å². The monoisotopic (exact) mass is 766 g/mol. The number of para-hydroxylation sites is 3. The van der Waals surface area contributed by atoms with Crippen LogP contribution in [0.5, 0.6) is 0 Å². The van der Waals surface area contributed by atoms with E-state index in [0.29, 0.717) is 0 Å². The van der Waals surface area contributed by atoms with Gasteiger partial charge in [-0.2, -0.15) is 0 Å². The van der Waals surface area contributed by atoms with E-state index in [2.05, 4.69) is 205 Å². The summed E-state index contributed by atoms with van der Waals surface area (Å²) in [5.41, 5.74) is 18.8. The molecule has 282 valence electrons. The number of fused-ring (bicyclic) bond motifs is 12. The number of aromatic nitrogens is 1. The summed E-state index contributed by atoms with van der Waals surface area (Å²) < 4.78 is 8.90. The molecule has 3 heterocycles. The Morgan fingerprint density at radius 1 is 0.383 bits per heavy atom. The van der Waals surface area contributed by atoms with Gasteiger partial charge in [0.25, 0.3) is 0 Å². The number of anilines is 3. The Kier molecular flexibility index (Phi) is 6.78. The van der Waals surface area contributed by atoms with E-state index in [1.54, 1.807) is 0 Å². The molecule has 0 radical (unpaired) electrons. The molecule has 0 amide bonds. The summed E-state index contributed by atoms with van der Waals surface area (Å²) >= 11 is 0. The molecule has 0 saturated carbocycles. The Morgan fingerprint density at radius 3 is 1.77 bits per heavy atom. The molecule has 9 aromatic carbocycles. The highest BCUT2D eigenvalue weighted by Gasteiger charge is 2.36. The topological polar surface area (TPSA) is 20.8 Å². The molecular weight excluding hydrogens is 729 g/mol. The Bertz CT molecular complexity index is 3680. The third kappa shape index (κ3) is 4.66. The summed E-state index contributed by atoms with van der Waals surface area (Å²) in [6.07, 6.45) is 0. The van der Waals surface area contributed by atoms with Crippen LogP contribution in [0.25, 0.3) is 93.4 Å².